The Hall–Kier alpha value is -0.860. The van der Waals surface area contributed by atoms with Crippen molar-refractivity contribution in [3.05, 3.63) is 10.1 Å². The summed E-state index contributed by atoms with van der Waals surface area (Å²) in [7, 11) is 1.00. The molecule has 94 valence electrons. The van der Waals surface area contributed by atoms with Gasteiger partial charge in [-0.2, -0.15) is 0 Å². The van der Waals surface area contributed by atoms with E-state index in [2.05, 4.69) is 4.74 Å². The topological polar surface area (TPSA) is 81.8 Å². The SMILES string of the molecule is COC(F)[C@@H]1O[C@@H](CF)[C@H](O)[C@@]1(C)[N+](=O)[O-]. The van der Waals surface area contributed by atoms with Gasteiger partial charge in [0, 0.05) is 19.0 Å². The predicted molar refractivity (Wildman–Crippen MR) is 47.9 cm³/mol. The minimum absolute atomic E-state index is 0.871. The van der Waals surface area contributed by atoms with Crippen molar-refractivity contribution in [2.24, 2.45) is 0 Å². The predicted octanol–water partition coefficient (Wildman–Crippen LogP) is 0.0616. The molecule has 0 aromatic rings. The number of hydrogen-bond donors (Lipinski definition) is 1. The molecule has 1 saturated heterocycles. The summed E-state index contributed by atoms with van der Waals surface area (Å²) in [5, 5.41) is 20.4. The van der Waals surface area contributed by atoms with E-state index in [1.54, 1.807) is 0 Å². The average molecular weight is 241 g/mol. The number of aliphatic hydroxyl groups is 1. The molecule has 1 heterocycles. The number of alkyl halides is 2. The lowest BCUT2D eigenvalue weighted by atomic mass is 9.89. The van der Waals surface area contributed by atoms with E-state index in [1.807, 2.05) is 0 Å². The monoisotopic (exact) mass is 241 g/mol. The van der Waals surface area contributed by atoms with Crippen molar-refractivity contribution in [3.8, 4) is 0 Å². The molecule has 1 fully saturated rings. The van der Waals surface area contributed by atoms with Crippen molar-refractivity contribution in [1.82, 2.24) is 0 Å². The zero-order chi connectivity index (χ0) is 12.5. The third-order valence-corrected chi connectivity index (χ3v) is 2.86. The highest BCUT2D eigenvalue weighted by Gasteiger charge is 2.65. The molecule has 0 aromatic heterocycles. The molecule has 1 aliphatic rings. The van der Waals surface area contributed by atoms with Gasteiger partial charge in [0.25, 0.3) is 5.54 Å². The number of rotatable bonds is 4. The van der Waals surface area contributed by atoms with Crippen LogP contribution in [0.15, 0.2) is 0 Å². The quantitative estimate of drug-likeness (QED) is 0.556. The molecule has 1 aliphatic heterocycles. The number of nitrogens with zero attached hydrogens (tertiary/aromatic N) is 1. The first-order valence-electron chi connectivity index (χ1n) is 4.60. The number of ether oxygens (including phenoxy) is 2. The maximum atomic E-state index is 13.3. The second-order valence-electron chi connectivity index (χ2n) is 3.76. The Morgan fingerprint density at radius 3 is 2.69 bits per heavy atom. The summed E-state index contributed by atoms with van der Waals surface area (Å²) in [5.74, 6) is 0. The molecule has 0 spiro atoms. The fraction of sp³-hybridized carbons (Fsp3) is 1.00. The molecule has 8 heteroatoms. The van der Waals surface area contributed by atoms with Gasteiger partial charge in [0.05, 0.1) is 0 Å². The van der Waals surface area contributed by atoms with Crippen molar-refractivity contribution in [1.29, 1.82) is 0 Å². The van der Waals surface area contributed by atoms with Crippen LogP contribution in [-0.2, 0) is 9.47 Å². The van der Waals surface area contributed by atoms with E-state index in [1.165, 1.54) is 0 Å². The van der Waals surface area contributed by atoms with E-state index >= 15 is 0 Å². The number of hydrogen-bond acceptors (Lipinski definition) is 5. The van der Waals surface area contributed by atoms with Gasteiger partial charge < -0.3 is 14.6 Å². The Morgan fingerprint density at radius 1 is 1.75 bits per heavy atom. The third kappa shape index (κ3) is 1.76. The first-order chi connectivity index (χ1) is 7.39. The largest absolute Gasteiger partial charge is 0.383 e. The van der Waals surface area contributed by atoms with Gasteiger partial charge in [-0.3, -0.25) is 10.1 Å². The Kier molecular flexibility index (Phi) is 3.76. The highest BCUT2D eigenvalue weighted by Crippen LogP contribution is 2.36. The lowest BCUT2D eigenvalue weighted by Crippen LogP contribution is -2.55. The van der Waals surface area contributed by atoms with Gasteiger partial charge in [-0.15, -0.1) is 0 Å². The molecule has 0 aliphatic carbocycles. The summed E-state index contributed by atoms with van der Waals surface area (Å²) < 4.78 is 34.8. The maximum absolute atomic E-state index is 13.3. The fourth-order valence-corrected chi connectivity index (χ4v) is 1.73. The molecular weight excluding hydrogens is 228 g/mol. The van der Waals surface area contributed by atoms with Crippen molar-refractivity contribution in [3.63, 3.8) is 0 Å². The molecule has 0 bridgehead atoms. The number of aliphatic hydroxyl groups excluding tert-OH is 1. The number of nitro groups is 1. The van der Waals surface area contributed by atoms with Crippen LogP contribution < -0.4 is 0 Å². The summed E-state index contributed by atoms with van der Waals surface area (Å²) in [4.78, 5) is 9.98. The Balaban J connectivity index is 3.03. The summed E-state index contributed by atoms with van der Waals surface area (Å²) in [6.07, 6.45) is -6.86. The van der Waals surface area contributed by atoms with E-state index in [0.29, 0.717) is 0 Å². The molecule has 0 amide bonds. The highest BCUT2D eigenvalue weighted by molar-refractivity contribution is 5.02. The van der Waals surface area contributed by atoms with Crippen molar-refractivity contribution in [2.45, 2.75) is 37.1 Å². The van der Waals surface area contributed by atoms with Gasteiger partial charge >= 0.3 is 0 Å². The first kappa shape index (κ1) is 13.2. The Labute approximate surface area is 90.3 Å². The minimum atomic E-state index is -2.12. The van der Waals surface area contributed by atoms with Crippen LogP contribution in [0.4, 0.5) is 8.78 Å². The van der Waals surface area contributed by atoms with Gasteiger partial charge in [0.2, 0.25) is 6.36 Å². The van der Waals surface area contributed by atoms with Gasteiger partial charge in [0.15, 0.2) is 12.2 Å². The smallest absolute Gasteiger partial charge is 0.278 e. The normalized spacial score (nSPS) is 40.9. The van der Waals surface area contributed by atoms with E-state index in [-0.39, 0.29) is 0 Å². The molecule has 6 nitrogen and oxygen atoms in total. The van der Waals surface area contributed by atoms with Gasteiger partial charge in [-0.25, -0.2) is 8.78 Å². The van der Waals surface area contributed by atoms with Crippen molar-refractivity contribution in [2.75, 3.05) is 13.8 Å². The number of methoxy groups -OCH3 is 1. The zero-order valence-electron chi connectivity index (χ0n) is 8.80. The second kappa shape index (κ2) is 4.56. The van der Waals surface area contributed by atoms with Crippen LogP contribution in [0.25, 0.3) is 0 Å². The van der Waals surface area contributed by atoms with Crippen LogP contribution in [-0.4, -0.2) is 54.0 Å². The van der Waals surface area contributed by atoms with Gasteiger partial charge in [-0.05, 0) is 0 Å². The minimum Gasteiger partial charge on any atom is -0.383 e. The summed E-state index contributed by atoms with van der Waals surface area (Å²) in [6, 6.07) is 0. The lowest BCUT2D eigenvalue weighted by Gasteiger charge is -2.25. The van der Waals surface area contributed by atoms with Crippen LogP contribution >= 0.6 is 0 Å². The summed E-state index contributed by atoms with van der Waals surface area (Å²) >= 11 is 0. The summed E-state index contributed by atoms with van der Waals surface area (Å²) in [6.45, 7) is -0.124. The molecule has 1 N–H and O–H groups in total. The van der Waals surface area contributed by atoms with E-state index < -0.39 is 41.8 Å². The van der Waals surface area contributed by atoms with Crippen LogP contribution in [0.5, 0.6) is 0 Å². The number of halogens is 2. The van der Waals surface area contributed by atoms with Gasteiger partial charge in [0.1, 0.15) is 12.8 Å². The third-order valence-electron chi connectivity index (χ3n) is 2.86. The van der Waals surface area contributed by atoms with Crippen LogP contribution in [0.1, 0.15) is 6.92 Å². The average Bonchev–Trinajstić information content (AvgIpc) is 2.52. The molecule has 16 heavy (non-hydrogen) atoms. The van der Waals surface area contributed by atoms with Crippen molar-refractivity contribution >= 4 is 0 Å². The Bertz CT molecular complexity index is 279. The molecule has 1 unspecified atom stereocenters. The first-order valence-corrected chi connectivity index (χ1v) is 4.60. The molecule has 0 saturated carbocycles. The van der Waals surface area contributed by atoms with Crippen LogP contribution in [0, 0.1) is 10.1 Å². The molecule has 1 rings (SSSR count). The second-order valence-corrected chi connectivity index (χ2v) is 3.76. The van der Waals surface area contributed by atoms with E-state index in [9.17, 15) is 24.0 Å². The Morgan fingerprint density at radius 2 is 2.31 bits per heavy atom. The van der Waals surface area contributed by atoms with E-state index in [0.717, 1.165) is 14.0 Å². The lowest BCUT2D eigenvalue weighted by molar-refractivity contribution is -0.584. The zero-order valence-corrected chi connectivity index (χ0v) is 8.80. The van der Waals surface area contributed by atoms with Crippen LogP contribution in [0.3, 0.4) is 0 Å². The van der Waals surface area contributed by atoms with E-state index in [4.69, 9.17) is 4.74 Å². The van der Waals surface area contributed by atoms with Gasteiger partial charge in [-0.1, -0.05) is 0 Å². The highest BCUT2D eigenvalue weighted by atomic mass is 19.1. The molecule has 0 aromatic carbocycles. The van der Waals surface area contributed by atoms with Crippen LogP contribution in [0.2, 0.25) is 0 Å². The molecular formula is C8H13F2NO5. The standard InChI is InChI=1S/C8H13F2NO5/c1-8(11(13)14)5(12)4(3-9)16-6(8)7(10)15-2/h4-7,12H,3H2,1-2H3/t4-,5-,6-,7?,8+/m0/s1. The molecule has 5 atom stereocenters. The molecule has 0 radical (unpaired) electrons. The summed E-state index contributed by atoms with van der Waals surface area (Å²) in [5.41, 5.74) is -2.12. The maximum Gasteiger partial charge on any atom is 0.278 e. The fourth-order valence-electron chi connectivity index (χ4n) is 1.73. The van der Waals surface area contributed by atoms with Crippen molar-refractivity contribution < 1.29 is 28.3 Å².